The highest BCUT2D eigenvalue weighted by molar-refractivity contribution is 7.20. The number of hydrogen-bond acceptors (Lipinski definition) is 4. The molecule has 2 N–H and O–H groups in total. The van der Waals surface area contributed by atoms with E-state index in [0.717, 1.165) is 46.5 Å². The molecule has 22 heavy (non-hydrogen) atoms. The van der Waals surface area contributed by atoms with Crippen LogP contribution in [0.25, 0.3) is 10.2 Å². The van der Waals surface area contributed by atoms with E-state index in [1.54, 1.807) is 0 Å². The minimum Gasteiger partial charge on any atom is -0.393 e. The number of aromatic nitrogens is 2. The van der Waals surface area contributed by atoms with E-state index in [9.17, 15) is 9.90 Å². The number of fused-ring (bicyclic) bond motifs is 1. The van der Waals surface area contributed by atoms with Crippen LogP contribution in [0.15, 0.2) is 6.07 Å². The van der Waals surface area contributed by atoms with Crippen molar-refractivity contribution >= 4 is 27.5 Å². The second-order valence-corrected chi connectivity index (χ2v) is 7.50. The molecule has 0 saturated heterocycles. The molecule has 0 spiro atoms. The van der Waals surface area contributed by atoms with E-state index in [4.69, 9.17) is 0 Å². The Labute approximate surface area is 134 Å². The van der Waals surface area contributed by atoms with Crippen LogP contribution in [-0.2, 0) is 7.05 Å². The third-order valence-electron chi connectivity index (χ3n) is 4.34. The van der Waals surface area contributed by atoms with Gasteiger partial charge < -0.3 is 10.4 Å². The van der Waals surface area contributed by atoms with Gasteiger partial charge in [0.15, 0.2) is 0 Å². The maximum Gasteiger partial charge on any atom is 0.261 e. The molecule has 1 aliphatic carbocycles. The molecule has 0 atom stereocenters. The standard InChI is InChI=1S/C16H23N3O2S/c1-9(2)14-12-8-13(22-16(12)19(3)18-14)15(21)17-10-4-6-11(20)7-5-10/h8-11,20H,4-7H2,1-3H3,(H,17,21). The Kier molecular flexibility index (Phi) is 4.23. The molecule has 2 heterocycles. The number of amides is 1. The fraction of sp³-hybridized carbons (Fsp3) is 0.625. The third kappa shape index (κ3) is 2.90. The number of carbonyl (C=O) groups is 1. The second-order valence-electron chi connectivity index (χ2n) is 6.47. The average Bonchev–Trinajstić information content (AvgIpc) is 3.02. The van der Waals surface area contributed by atoms with Crippen LogP contribution in [0.4, 0.5) is 0 Å². The number of thiophene rings is 1. The van der Waals surface area contributed by atoms with Crippen LogP contribution >= 0.6 is 11.3 Å². The van der Waals surface area contributed by atoms with Crippen LogP contribution in [0.1, 0.15) is 60.8 Å². The van der Waals surface area contributed by atoms with Crippen LogP contribution in [0.2, 0.25) is 0 Å². The Morgan fingerprint density at radius 2 is 2.09 bits per heavy atom. The van der Waals surface area contributed by atoms with Crippen molar-refractivity contribution < 1.29 is 9.90 Å². The van der Waals surface area contributed by atoms with Crippen molar-refractivity contribution in [3.8, 4) is 0 Å². The van der Waals surface area contributed by atoms with E-state index in [-0.39, 0.29) is 18.1 Å². The summed E-state index contributed by atoms with van der Waals surface area (Å²) in [6, 6.07) is 2.15. The zero-order chi connectivity index (χ0) is 15.9. The van der Waals surface area contributed by atoms with E-state index in [1.165, 1.54) is 11.3 Å². The van der Waals surface area contributed by atoms with Crippen LogP contribution < -0.4 is 5.32 Å². The average molecular weight is 321 g/mol. The zero-order valence-corrected chi connectivity index (χ0v) is 14.1. The molecule has 2 aromatic rings. The van der Waals surface area contributed by atoms with Gasteiger partial charge in [-0.1, -0.05) is 13.8 Å². The number of nitrogens with zero attached hydrogens (tertiary/aromatic N) is 2. The molecule has 0 radical (unpaired) electrons. The molecule has 1 saturated carbocycles. The molecule has 1 fully saturated rings. The Balaban J connectivity index is 1.78. The Bertz CT molecular complexity index is 681. The lowest BCUT2D eigenvalue weighted by molar-refractivity contribution is 0.0871. The van der Waals surface area contributed by atoms with Crippen molar-refractivity contribution in [2.24, 2.45) is 7.05 Å². The van der Waals surface area contributed by atoms with Crippen LogP contribution in [0, 0.1) is 0 Å². The van der Waals surface area contributed by atoms with Gasteiger partial charge in [-0.3, -0.25) is 9.48 Å². The Morgan fingerprint density at radius 1 is 1.41 bits per heavy atom. The minimum atomic E-state index is -0.197. The Hall–Kier alpha value is -1.40. The molecule has 1 aliphatic rings. The number of aryl methyl sites for hydroxylation is 1. The number of carbonyl (C=O) groups excluding carboxylic acids is 1. The van der Waals surface area contributed by atoms with E-state index in [2.05, 4.69) is 24.3 Å². The first-order valence-corrected chi connectivity index (χ1v) is 8.72. The minimum absolute atomic E-state index is 0.00250. The molecule has 0 unspecified atom stereocenters. The molecule has 6 heteroatoms. The molecule has 3 rings (SSSR count). The van der Waals surface area contributed by atoms with E-state index >= 15 is 0 Å². The quantitative estimate of drug-likeness (QED) is 0.913. The third-order valence-corrected chi connectivity index (χ3v) is 5.54. The number of rotatable bonds is 3. The van der Waals surface area contributed by atoms with Gasteiger partial charge >= 0.3 is 0 Å². The van der Waals surface area contributed by atoms with E-state index in [0.29, 0.717) is 5.92 Å². The van der Waals surface area contributed by atoms with Gasteiger partial charge in [-0.05, 0) is 37.7 Å². The lowest BCUT2D eigenvalue weighted by Crippen LogP contribution is -2.38. The number of hydrogen-bond donors (Lipinski definition) is 2. The normalized spacial score (nSPS) is 22.4. The summed E-state index contributed by atoms with van der Waals surface area (Å²) in [5.74, 6) is 0.339. The first-order valence-electron chi connectivity index (χ1n) is 7.91. The fourth-order valence-electron chi connectivity index (χ4n) is 3.08. The molecule has 5 nitrogen and oxygen atoms in total. The van der Waals surface area contributed by atoms with Gasteiger partial charge in [-0.25, -0.2) is 0 Å². The van der Waals surface area contributed by atoms with Gasteiger partial charge in [0.1, 0.15) is 4.83 Å². The Morgan fingerprint density at radius 3 is 2.73 bits per heavy atom. The molecule has 1 amide bonds. The van der Waals surface area contributed by atoms with Gasteiger partial charge in [0.25, 0.3) is 5.91 Å². The van der Waals surface area contributed by atoms with Crippen molar-refractivity contribution in [3.05, 3.63) is 16.6 Å². The van der Waals surface area contributed by atoms with Gasteiger partial charge in [0.05, 0.1) is 16.7 Å². The second kappa shape index (κ2) is 6.01. The summed E-state index contributed by atoms with van der Waals surface area (Å²) in [6.45, 7) is 4.24. The predicted octanol–water partition coefficient (Wildman–Crippen LogP) is 2.79. The molecule has 0 aromatic carbocycles. The smallest absolute Gasteiger partial charge is 0.261 e. The fourth-order valence-corrected chi connectivity index (χ4v) is 4.06. The maximum absolute atomic E-state index is 12.5. The zero-order valence-electron chi connectivity index (χ0n) is 13.3. The van der Waals surface area contributed by atoms with Crippen molar-refractivity contribution in [1.82, 2.24) is 15.1 Å². The molecular weight excluding hydrogens is 298 g/mol. The maximum atomic E-state index is 12.5. The van der Waals surface area contributed by atoms with Crippen molar-refractivity contribution in [3.63, 3.8) is 0 Å². The molecule has 2 aromatic heterocycles. The lowest BCUT2D eigenvalue weighted by atomic mass is 9.93. The van der Waals surface area contributed by atoms with Gasteiger partial charge in [-0.2, -0.15) is 5.10 Å². The highest BCUT2D eigenvalue weighted by Gasteiger charge is 2.23. The van der Waals surface area contributed by atoms with Gasteiger partial charge in [0.2, 0.25) is 0 Å². The summed E-state index contributed by atoms with van der Waals surface area (Å²) in [6.07, 6.45) is 3.07. The summed E-state index contributed by atoms with van der Waals surface area (Å²) in [5, 5.41) is 18.3. The van der Waals surface area contributed by atoms with Gasteiger partial charge in [-0.15, -0.1) is 11.3 Å². The van der Waals surface area contributed by atoms with Crippen molar-refractivity contribution in [2.45, 2.75) is 57.6 Å². The van der Waals surface area contributed by atoms with Crippen molar-refractivity contribution in [1.29, 1.82) is 0 Å². The van der Waals surface area contributed by atoms with E-state index in [1.807, 2.05) is 17.8 Å². The topological polar surface area (TPSA) is 67.2 Å². The summed E-state index contributed by atoms with van der Waals surface area (Å²) in [5.41, 5.74) is 1.05. The monoisotopic (exact) mass is 321 g/mol. The molecule has 0 aliphatic heterocycles. The summed E-state index contributed by atoms with van der Waals surface area (Å²) >= 11 is 1.50. The van der Waals surface area contributed by atoms with Crippen LogP contribution in [-0.4, -0.2) is 32.9 Å². The first-order chi connectivity index (χ1) is 10.5. The van der Waals surface area contributed by atoms with E-state index < -0.39 is 0 Å². The summed E-state index contributed by atoms with van der Waals surface area (Å²) in [4.78, 5) is 14.3. The highest BCUT2D eigenvalue weighted by Crippen LogP contribution is 2.31. The van der Waals surface area contributed by atoms with Crippen molar-refractivity contribution in [2.75, 3.05) is 0 Å². The molecule has 120 valence electrons. The highest BCUT2D eigenvalue weighted by atomic mass is 32.1. The van der Waals surface area contributed by atoms with Gasteiger partial charge in [0, 0.05) is 18.5 Å². The number of aliphatic hydroxyl groups is 1. The molecule has 0 bridgehead atoms. The number of aliphatic hydroxyl groups excluding tert-OH is 1. The van der Waals surface area contributed by atoms with Crippen LogP contribution in [0.3, 0.4) is 0 Å². The molecular formula is C16H23N3O2S. The number of nitrogens with one attached hydrogen (secondary N) is 1. The predicted molar refractivity (Wildman–Crippen MR) is 88.4 cm³/mol. The lowest BCUT2D eigenvalue weighted by Gasteiger charge is -2.25. The first kappa shape index (κ1) is 15.5. The summed E-state index contributed by atoms with van der Waals surface area (Å²) < 4.78 is 1.86. The van der Waals surface area contributed by atoms with Crippen LogP contribution in [0.5, 0.6) is 0 Å². The summed E-state index contributed by atoms with van der Waals surface area (Å²) in [7, 11) is 1.93. The SMILES string of the molecule is CC(C)c1nn(C)c2sc(C(=O)NC3CCC(O)CC3)cc12. The largest absolute Gasteiger partial charge is 0.393 e.